The van der Waals surface area contributed by atoms with Crippen molar-refractivity contribution in [2.75, 3.05) is 0 Å². The first kappa shape index (κ1) is 21.4. The summed E-state index contributed by atoms with van der Waals surface area (Å²) in [6.45, 7) is 1.63. The second kappa shape index (κ2) is 9.17. The van der Waals surface area contributed by atoms with E-state index in [0.29, 0.717) is 29.7 Å². The van der Waals surface area contributed by atoms with Crippen molar-refractivity contribution in [2.24, 2.45) is 0 Å². The van der Waals surface area contributed by atoms with E-state index in [2.05, 4.69) is 19.7 Å². The van der Waals surface area contributed by atoms with Crippen molar-refractivity contribution < 1.29 is 14.6 Å². The van der Waals surface area contributed by atoms with Gasteiger partial charge in [0.15, 0.2) is 6.29 Å². The Morgan fingerprint density at radius 1 is 1.06 bits per heavy atom. The van der Waals surface area contributed by atoms with E-state index in [1.165, 1.54) is 0 Å². The summed E-state index contributed by atoms with van der Waals surface area (Å²) >= 11 is 6.31. The number of fused-ring (bicyclic) bond motifs is 3. The molecule has 0 amide bonds. The molecule has 1 fully saturated rings. The summed E-state index contributed by atoms with van der Waals surface area (Å²) < 4.78 is 14.0. The van der Waals surface area contributed by atoms with Crippen molar-refractivity contribution in [3.63, 3.8) is 0 Å². The van der Waals surface area contributed by atoms with Gasteiger partial charge in [0.2, 0.25) is 5.88 Å². The Kier molecular flexibility index (Phi) is 6.13. The fourth-order valence-corrected chi connectivity index (χ4v) is 5.04. The van der Waals surface area contributed by atoms with Crippen LogP contribution in [0.1, 0.15) is 55.7 Å². The van der Waals surface area contributed by atoms with E-state index in [1.807, 2.05) is 36.4 Å². The Morgan fingerprint density at radius 3 is 2.66 bits per heavy atom. The summed E-state index contributed by atoms with van der Waals surface area (Å²) in [5, 5.41) is 19.6. The third-order valence-electron chi connectivity index (χ3n) is 6.25. The third kappa shape index (κ3) is 4.51. The minimum Gasteiger partial charge on any atom is -0.474 e. The molecular formula is C24H27ClN4O3. The van der Waals surface area contributed by atoms with Gasteiger partial charge in [0.05, 0.1) is 11.8 Å². The number of aliphatic hydroxyl groups is 1. The molecule has 0 radical (unpaired) electrons. The topological polar surface area (TPSA) is 82.3 Å². The van der Waals surface area contributed by atoms with Crippen molar-refractivity contribution in [1.82, 2.24) is 19.7 Å². The minimum absolute atomic E-state index is 0.169. The van der Waals surface area contributed by atoms with E-state index in [4.69, 9.17) is 21.1 Å². The summed E-state index contributed by atoms with van der Waals surface area (Å²) in [6.07, 6.45) is 6.00. The van der Waals surface area contributed by atoms with Gasteiger partial charge in [-0.25, -0.2) is 4.98 Å². The van der Waals surface area contributed by atoms with Crippen LogP contribution in [-0.4, -0.2) is 43.4 Å². The number of nitrogens with zero attached hydrogens (tertiary/aromatic N) is 4. The van der Waals surface area contributed by atoms with Crippen molar-refractivity contribution >= 4 is 11.6 Å². The fourth-order valence-electron chi connectivity index (χ4n) is 4.85. The molecule has 1 N–H and O–H groups in total. The molecule has 3 aromatic rings. The van der Waals surface area contributed by atoms with Gasteiger partial charge >= 0.3 is 0 Å². The maximum atomic E-state index is 9.78. The van der Waals surface area contributed by atoms with Gasteiger partial charge in [-0.3, -0.25) is 4.57 Å². The predicted molar refractivity (Wildman–Crippen MR) is 120 cm³/mol. The van der Waals surface area contributed by atoms with Crippen molar-refractivity contribution in [3.05, 3.63) is 64.8 Å². The Bertz CT molecular complexity index is 1060. The van der Waals surface area contributed by atoms with Crippen LogP contribution >= 0.6 is 11.6 Å². The molecule has 1 aromatic carbocycles. The first-order valence-electron chi connectivity index (χ1n) is 11.2. The highest BCUT2D eigenvalue weighted by molar-refractivity contribution is 6.30. The second-order valence-corrected chi connectivity index (χ2v) is 9.04. The number of hydrogen-bond acceptors (Lipinski definition) is 6. The molecule has 2 aliphatic rings. The molecule has 1 aliphatic heterocycles. The second-order valence-electron chi connectivity index (χ2n) is 8.61. The Labute approximate surface area is 192 Å². The van der Waals surface area contributed by atoms with Crippen LogP contribution in [0.5, 0.6) is 5.88 Å². The van der Waals surface area contributed by atoms with Gasteiger partial charge in [0.25, 0.3) is 0 Å². The van der Waals surface area contributed by atoms with Crippen LogP contribution in [0.15, 0.2) is 42.6 Å². The monoisotopic (exact) mass is 454 g/mol. The van der Waals surface area contributed by atoms with Gasteiger partial charge in [-0.1, -0.05) is 17.7 Å². The van der Waals surface area contributed by atoms with Crippen molar-refractivity contribution in [1.29, 1.82) is 0 Å². The van der Waals surface area contributed by atoms with Gasteiger partial charge in [-0.05, 0) is 62.4 Å². The first-order chi connectivity index (χ1) is 15.6. The Morgan fingerprint density at radius 2 is 1.91 bits per heavy atom. The lowest BCUT2D eigenvalue weighted by atomic mass is 9.86. The van der Waals surface area contributed by atoms with E-state index in [-0.39, 0.29) is 12.2 Å². The van der Waals surface area contributed by atoms with Crippen LogP contribution in [0, 0.1) is 0 Å². The lowest BCUT2D eigenvalue weighted by molar-refractivity contribution is -0.122. The molecule has 2 atom stereocenters. The van der Waals surface area contributed by atoms with Crippen LogP contribution in [-0.2, 0) is 17.6 Å². The molecular weight excluding hydrogens is 428 g/mol. The Balaban J connectivity index is 1.39. The molecule has 5 rings (SSSR count). The summed E-state index contributed by atoms with van der Waals surface area (Å²) in [4.78, 5) is 4.28. The highest BCUT2D eigenvalue weighted by Crippen LogP contribution is 2.37. The van der Waals surface area contributed by atoms with Crippen molar-refractivity contribution in [2.45, 2.75) is 69.9 Å². The number of halogens is 1. The zero-order valence-electron chi connectivity index (χ0n) is 18.0. The number of aliphatic hydroxyl groups excluding tert-OH is 1. The number of benzene rings is 1. The minimum atomic E-state index is -0.842. The largest absolute Gasteiger partial charge is 0.474 e. The van der Waals surface area contributed by atoms with E-state index in [9.17, 15) is 5.11 Å². The predicted octanol–water partition coefficient (Wildman–Crippen LogP) is 4.24. The standard InChI is InChI=1S/C24H27ClN4O3/c1-15(30)31-20-13-17-12-18(25)7-10-21(17)29-22(14-20)27-28-24(29)16-5-8-19(9-6-16)32-23-4-2-3-11-26-23/h2-4,7,10-12,15-16,19-20,30H,5-6,8-9,13-14H2,1H3/t15?,16-,19-,20?. The molecule has 168 valence electrons. The van der Waals surface area contributed by atoms with Gasteiger partial charge in [0, 0.05) is 36.0 Å². The molecule has 1 saturated carbocycles. The Hall–Kier alpha value is -2.48. The molecule has 8 heteroatoms. The molecule has 7 nitrogen and oxygen atoms in total. The normalized spacial score (nSPS) is 23.7. The lowest BCUT2D eigenvalue weighted by Crippen LogP contribution is -2.25. The van der Waals surface area contributed by atoms with Crippen LogP contribution in [0.3, 0.4) is 0 Å². The number of hydrogen-bond donors (Lipinski definition) is 1. The van der Waals surface area contributed by atoms with E-state index in [1.54, 1.807) is 13.1 Å². The SMILES string of the molecule is CC(O)OC1Cc2cc(Cl)ccc2-n2c(nnc2[C@H]2CC[C@H](Oc3ccccn3)CC2)C1. The maximum Gasteiger partial charge on any atom is 0.213 e. The van der Waals surface area contributed by atoms with Gasteiger partial charge in [-0.15, -0.1) is 10.2 Å². The molecule has 0 bridgehead atoms. The zero-order chi connectivity index (χ0) is 22.1. The molecule has 3 heterocycles. The number of aromatic nitrogens is 4. The fraction of sp³-hybridized carbons (Fsp3) is 0.458. The molecule has 1 aliphatic carbocycles. The molecule has 2 unspecified atom stereocenters. The highest BCUT2D eigenvalue weighted by Gasteiger charge is 2.32. The molecule has 0 saturated heterocycles. The van der Waals surface area contributed by atoms with Crippen LogP contribution < -0.4 is 4.74 Å². The van der Waals surface area contributed by atoms with Crippen LogP contribution in [0.25, 0.3) is 5.69 Å². The average molecular weight is 455 g/mol. The summed E-state index contributed by atoms with van der Waals surface area (Å²) in [7, 11) is 0. The zero-order valence-corrected chi connectivity index (χ0v) is 18.8. The molecule has 32 heavy (non-hydrogen) atoms. The molecule has 0 spiro atoms. The van der Waals surface area contributed by atoms with Crippen LogP contribution in [0.2, 0.25) is 5.02 Å². The summed E-state index contributed by atoms with van der Waals surface area (Å²) in [6, 6.07) is 11.7. The average Bonchev–Trinajstić information content (AvgIpc) is 3.11. The smallest absolute Gasteiger partial charge is 0.213 e. The first-order valence-corrected chi connectivity index (χ1v) is 11.6. The number of ether oxygens (including phenoxy) is 2. The summed E-state index contributed by atoms with van der Waals surface area (Å²) in [5.74, 6) is 2.83. The van der Waals surface area contributed by atoms with Crippen LogP contribution in [0.4, 0.5) is 0 Å². The number of rotatable bonds is 5. The van der Waals surface area contributed by atoms with Crippen molar-refractivity contribution in [3.8, 4) is 11.6 Å². The third-order valence-corrected chi connectivity index (χ3v) is 6.48. The highest BCUT2D eigenvalue weighted by atomic mass is 35.5. The lowest BCUT2D eigenvalue weighted by Gasteiger charge is -2.28. The van der Waals surface area contributed by atoms with E-state index >= 15 is 0 Å². The summed E-state index contributed by atoms with van der Waals surface area (Å²) in [5.41, 5.74) is 2.13. The van der Waals surface area contributed by atoms with Gasteiger partial charge < -0.3 is 14.6 Å². The molecule has 2 aromatic heterocycles. The van der Waals surface area contributed by atoms with Gasteiger partial charge in [-0.2, -0.15) is 0 Å². The van der Waals surface area contributed by atoms with E-state index in [0.717, 1.165) is 48.6 Å². The number of pyridine rings is 1. The van der Waals surface area contributed by atoms with Gasteiger partial charge in [0.1, 0.15) is 17.8 Å². The van der Waals surface area contributed by atoms with E-state index < -0.39 is 6.29 Å². The quantitative estimate of drug-likeness (QED) is 0.580. The maximum absolute atomic E-state index is 9.78.